The molecular weight excluding hydrogens is 224 g/mol. The molecule has 1 N–H and O–H groups in total. The van der Waals surface area contributed by atoms with Gasteiger partial charge in [0.2, 0.25) is 0 Å². The summed E-state index contributed by atoms with van der Waals surface area (Å²) in [6.07, 6.45) is -0.0892. The molecule has 0 fully saturated rings. The van der Waals surface area contributed by atoms with Gasteiger partial charge in [0.15, 0.2) is 0 Å². The van der Waals surface area contributed by atoms with E-state index in [1.165, 1.54) is 11.5 Å². The average molecular weight is 236 g/mol. The summed E-state index contributed by atoms with van der Waals surface area (Å²) in [5.41, 5.74) is 1.63. The lowest BCUT2D eigenvalue weighted by Crippen LogP contribution is -2.02. The van der Waals surface area contributed by atoms with Crippen LogP contribution in [0.1, 0.15) is 17.4 Å². The molecule has 1 atom stereocenters. The molecule has 2 aromatic rings. The second-order valence-corrected chi connectivity index (χ2v) is 4.01. The molecule has 0 saturated carbocycles. The highest BCUT2D eigenvalue weighted by Crippen LogP contribution is 2.20. The molecule has 0 radical (unpaired) electrons. The molecule has 0 aliphatic rings. The Hall–Kier alpha value is -1.46. The molecule has 1 unspecified atom stereocenters. The van der Waals surface area contributed by atoms with Gasteiger partial charge in [-0.15, -0.1) is 5.10 Å². The number of nitrogens with zero attached hydrogens (tertiary/aromatic N) is 2. The minimum atomic E-state index is -0.606. The number of aliphatic hydroxyl groups excluding tert-OH is 1. The molecule has 0 saturated heterocycles. The number of aliphatic hydroxyl groups is 1. The molecule has 1 aromatic carbocycles. The van der Waals surface area contributed by atoms with E-state index in [0.717, 1.165) is 11.3 Å². The fourth-order valence-corrected chi connectivity index (χ4v) is 1.95. The van der Waals surface area contributed by atoms with E-state index < -0.39 is 6.10 Å². The predicted octanol–water partition coefficient (Wildman–Crippen LogP) is 1.82. The summed E-state index contributed by atoms with van der Waals surface area (Å²) >= 11 is 1.24. The van der Waals surface area contributed by atoms with Crippen LogP contribution >= 0.6 is 11.5 Å². The van der Waals surface area contributed by atoms with Crippen LogP contribution in [0.25, 0.3) is 0 Å². The van der Waals surface area contributed by atoms with Gasteiger partial charge in [-0.05, 0) is 29.2 Å². The van der Waals surface area contributed by atoms with Crippen molar-refractivity contribution in [1.82, 2.24) is 9.59 Å². The van der Waals surface area contributed by atoms with Crippen LogP contribution < -0.4 is 4.74 Å². The molecule has 1 heterocycles. The number of hydrogen-bond donors (Lipinski definition) is 1. The first kappa shape index (κ1) is 11.0. The van der Waals surface area contributed by atoms with Gasteiger partial charge < -0.3 is 9.84 Å². The van der Waals surface area contributed by atoms with Gasteiger partial charge in [-0.25, -0.2) is 0 Å². The zero-order valence-electron chi connectivity index (χ0n) is 8.83. The lowest BCUT2D eigenvalue weighted by molar-refractivity contribution is 0.173. The van der Waals surface area contributed by atoms with Crippen molar-refractivity contribution in [3.8, 4) is 5.75 Å². The third-order valence-corrected chi connectivity index (χ3v) is 2.80. The lowest BCUT2D eigenvalue weighted by atomic mass is 10.1. The van der Waals surface area contributed by atoms with Gasteiger partial charge in [0.25, 0.3) is 0 Å². The Morgan fingerprint density at radius 3 is 3.06 bits per heavy atom. The number of aromatic nitrogens is 2. The van der Waals surface area contributed by atoms with Crippen molar-refractivity contribution in [2.45, 2.75) is 12.5 Å². The Bertz CT molecular complexity index is 445. The van der Waals surface area contributed by atoms with Gasteiger partial charge >= 0.3 is 0 Å². The van der Waals surface area contributed by atoms with Gasteiger partial charge in [-0.3, -0.25) is 0 Å². The van der Waals surface area contributed by atoms with Crippen LogP contribution in [-0.2, 0) is 6.42 Å². The summed E-state index contributed by atoms with van der Waals surface area (Å²) in [5, 5.41) is 15.5. The molecular formula is C11H12N2O2S. The van der Waals surface area contributed by atoms with Crippen molar-refractivity contribution in [3.05, 3.63) is 40.9 Å². The normalized spacial score (nSPS) is 12.4. The molecule has 0 aliphatic carbocycles. The molecule has 0 spiro atoms. The quantitative estimate of drug-likeness (QED) is 0.879. The molecule has 84 valence electrons. The SMILES string of the molecule is COc1cccc(CC(O)c2csnn2)c1. The molecule has 2 rings (SSSR count). The molecule has 0 amide bonds. The topological polar surface area (TPSA) is 55.2 Å². The maximum atomic E-state index is 9.89. The highest BCUT2D eigenvalue weighted by Gasteiger charge is 2.11. The summed E-state index contributed by atoms with van der Waals surface area (Å²) < 4.78 is 8.85. The lowest BCUT2D eigenvalue weighted by Gasteiger charge is -2.08. The Balaban J connectivity index is 2.08. The fraction of sp³-hybridized carbons (Fsp3) is 0.273. The van der Waals surface area contributed by atoms with E-state index in [0.29, 0.717) is 12.1 Å². The van der Waals surface area contributed by atoms with Crippen LogP contribution in [0.5, 0.6) is 5.75 Å². The molecule has 0 bridgehead atoms. The summed E-state index contributed by atoms with van der Waals surface area (Å²) in [6.45, 7) is 0. The highest BCUT2D eigenvalue weighted by molar-refractivity contribution is 7.03. The van der Waals surface area contributed by atoms with Crippen LogP contribution in [0.3, 0.4) is 0 Å². The average Bonchev–Trinajstić information content (AvgIpc) is 2.83. The summed E-state index contributed by atoms with van der Waals surface area (Å²) in [4.78, 5) is 0. The number of benzene rings is 1. The van der Waals surface area contributed by atoms with Gasteiger partial charge in [0, 0.05) is 11.8 Å². The smallest absolute Gasteiger partial charge is 0.119 e. The van der Waals surface area contributed by atoms with Crippen LogP contribution in [-0.4, -0.2) is 21.8 Å². The standard InChI is InChI=1S/C11H12N2O2S/c1-15-9-4-2-3-8(5-9)6-11(14)10-7-16-13-12-10/h2-5,7,11,14H,6H2,1H3. The summed E-state index contributed by atoms with van der Waals surface area (Å²) in [5.74, 6) is 0.793. The molecule has 5 heteroatoms. The van der Waals surface area contributed by atoms with Crippen LogP contribution in [0.4, 0.5) is 0 Å². The van der Waals surface area contributed by atoms with E-state index in [4.69, 9.17) is 4.74 Å². The maximum absolute atomic E-state index is 9.89. The van der Waals surface area contributed by atoms with Crippen molar-refractivity contribution >= 4 is 11.5 Å². The van der Waals surface area contributed by atoms with E-state index in [2.05, 4.69) is 9.59 Å². The van der Waals surface area contributed by atoms with Gasteiger partial charge in [0.05, 0.1) is 7.11 Å². The monoisotopic (exact) mass is 236 g/mol. The first-order valence-corrected chi connectivity index (χ1v) is 5.71. The Morgan fingerprint density at radius 2 is 2.38 bits per heavy atom. The van der Waals surface area contributed by atoms with Crippen molar-refractivity contribution in [2.24, 2.45) is 0 Å². The number of rotatable bonds is 4. The highest BCUT2D eigenvalue weighted by atomic mass is 32.1. The van der Waals surface area contributed by atoms with Gasteiger partial charge in [-0.2, -0.15) is 0 Å². The van der Waals surface area contributed by atoms with E-state index >= 15 is 0 Å². The minimum Gasteiger partial charge on any atom is -0.497 e. The third-order valence-electron chi connectivity index (χ3n) is 2.28. The van der Waals surface area contributed by atoms with Crippen molar-refractivity contribution in [2.75, 3.05) is 7.11 Å². The van der Waals surface area contributed by atoms with Crippen molar-refractivity contribution in [1.29, 1.82) is 0 Å². The zero-order valence-corrected chi connectivity index (χ0v) is 9.65. The second-order valence-electron chi connectivity index (χ2n) is 3.40. The van der Waals surface area contributed by atoms with Crippen LogP contribution in [0.15, 0.2) is 29.6 Å². The zero-order chi connectivity index (χ0) is 11.4. The number of hydrogen-bond acceptors (Lipinski definition) is 5. The van der Waals surface area contributed by atoms with Crippen LogP contribution in [0.2, 0.25) is 0 Å². The fourth-order valence-electron chi connectivity index (χ4n) is 1.44. The van der Waals surface area contributed by atoms with Crippen molar-refractivity contribution < 1.29 is 9.84 Å². The second kappa shape index (κ2) is 5.05. The first-order chi connectivity index (χ1) is 7.79. The Labute approximate surface area is 97.7 Å². The van der Waals surface area contributed by atoms with Gasteiger partial charge in [-0.1, -0.05) is 16.6 Å². The third kappa shape index (κ3) is 2.56. The van der Waals surface area contributed by atoms with Gasteiger partial charge in [0.1, 0.15) is 17.5 Å². The Morgan fingerprint density at radius 1 is 1.50 bits per heavy atom. The predicted molar refractivity (Wildman–Crippen MR) is 61.6 cm³/mol. The van der Waals surface area contributed by atoms with Crippen LogP contribution in [0, 0.1) is 0 Å². The minimum absolute atomic E-state index is 0.516. The maximum Gasteiger partial charge on any atom is 0.119 e. The van der Waals surface area contributed by atoms with E-state index in [-0.39, 0.29) is 0 Å². The molecule has 4 nitrogen and oxygen atoms in total. The van der Waals surface area contributed by atoms with Crippen molar-refractivity contribution in [3.63, 3.8) is 0 Å². The first-order valence-electron chi connectivity index (χ1n) is 4.87. The van der Waals surface area contributed by atoms with E-state index in [1.54, 1.807) is 12.5 Å². The van der Waals surface area contributed by atoms with E-state index in [9.17, 15) is 5.11 Å². The summed E-state index contributed by atoms with van der Waals surface area (Å²) in [6, 6.07) is 7.63. The molecule has 0 aliphatic heterocycles. The summed E-state index contributed by atoms with van der Waals surface area (Å²) in [7, 11) is 1.62. The largest absolute Gasteiger partial charge is 0.497 e. The molecule has 1 aromatic heterocycles. The number of methoxy groups -OCH3 is 1. The molecule has 16 heavy (non-hydrogen) atoms. The Kier molecular flexibility index (Phi) is 3.48. The van der Waals surface area contributed by atoms with E-state index in [1.807, 2.05) is 24.3 Å². The number of ether oxygens (including phenoxy) is 1.